The van der Waals surface area contributed by atoms with Crippen molar-refractivity contribution in [3.63, 3.8) is 0 Å². The molecular weight excluding hydrogens is 207 g/mol. The van der Waals surface area contributed by atoms with Gasteiger partial charge < -0.3 is 9.53 Å². The molecule has 0 saturated heterocycles. The van der Waals surface area contributed by atoms with E-state index in [1.165, 1.54) is 12.1 Å². The quantitative estimate of drug-likeness (QED) is 0.693. The molecule has 0 unspecified atom stereocenters. The van der Waals surface area contributed by atoms with Gasteiger partial charge >= 0.3 is 0 Å². The van der Waals surface area contributed by atoms with Gasteiger partial charge in [-0.15, -0.1) is 0 Å². The molecule has 1 aromatic rings. The maximum absolute atomic E-state index is 12.9. The summed E-state index contributed by atoms with van der Waals surface area (Å²) in [4.78, 5) is 10.7. The predicted octanol–water partition coefficient (Wildman–Crippen LogP) is 3.27. The van der Waals surface area contributed by atoms with Gasteiger partial charge in [0.2, 0.25) is 0 Å². The van der Waals surface area contributed by atoms with Gasteiger partial charge in [-0.1, -0.05) is 6.07 Å². The topological polar surface area (TPSA) is 26.3 Å². The van der Waals surface area contributed by atoms with E-state index in [0.717, 1.165) is 18.4 Å². The Labute approximate surface area is 95.4 Å². The van der Waals surface area contributed by atoms with E-state index in [4.69, 9.17) is 4.74 Å². The van der Waals surface area contributed by atoms with Crippen LogP contribution in [0.3, 0.4) is 0 Å². The zero-order valence-corrected chi connectivity index (χ0v) is 9.75. The number of hydrogen-bond acceptors (Lipinski definition) is 2. The van der Waals surface area contributed by atoms with Crippen LogP contribution in [-0.4, -0.2) is 12.4 Å². The van der Waals surface area contributed by atoms with Gasteiger partial charge in [0.1, 0.15) is 17.3 Å². The summed E-state index contributed by atoms with van der Waals surface area (Å²) in [6.07, 6.45) is 2.23. The second kappa shape index (κ2) is 6.26. The van der Waals surface area contributed by atoms with Gasteiger partial charge in [-0.2, -0.15) is 0 Å². The lowest BCUT2D eigenvalue weighted by Gasteiger charge is -2.08. The van der Waals surface area contributed by atoms with Crippen molar-refractivity contribution in [3.8, 4) is 5.75 Å². The number of carbonyl (C=O) groups excluding carboxylic acids is 1. The maximum atomic E-state index is 12.9. The first-order chi connectivity index (χ1) is 7.59. The molecule has 16 heavy (non-hydrogen) atoms. The van der Waals surface area contributed by atoms with E-state index in [-0.39, 0.29) is 11.6 Å². The second-order valence-electron chi connectivity index (χ2n) is 3.92. The molecule has 3 heteroatoms. The van der Waals surface area contributed by atoms with Gasteiger partial charge in [0.05, 0.1) is 6.61 Å². The molecule has 0 amide bonds. The molecular formula is C13H17FO2. The lowest BCUT2D eigenvalue weighted by Crippen LogP contribution is -2.00. The number of rotatable bonds is 6. The fraction of sp³-hybridized carbons (Fsp3) is 0.462. The molecule has 0 aliphatic carbocycles. The first-order valence-electron chi connectivity index (χ1n) is 5.48. The summed E-state index contributed by atoms with van der Waals surface area (Å²) in [5.41, 5.74) is 0.924. The molecule has 1 aromatic carbocycles. The Balaban J connectivity index is 2.31. The minimum absolute atomic E-state index is 0.196. The third kappa shape index (κ3) is 4.43. The molecule has 0 aliphatic heterocycles. The fourth-order valence-corrected chi connectivity index (χ4v) is 1.39. The van der Waals surface area contributed by atoms with E-state index in [2.05, 4.69) is 0 Å². The minimum atomic E-state index is -0.288. The Hall–Kier alpha value is -1.38. The number of aryl methyl sites for hydroxylation is 1. The van der Waals surface area contributed by atoms with Crippen LogP contribution in [0.5, 0.6) is 5.75 Å². The Morgan fingerprint density at radius 3 is 2.81 bits per heavy atom. The van der Waals surface area contributed by atoms with E-state index in [1.807, 2.05) is 6.92 Å². The highest BCUT2D eigenvalue weighted by Crippen LogP contribution is 2.18. The van der Waals surface area contributed by atoms with E-state index in [0.29, 0.717) is 18.8 Å². The molecule has 88 valence electrons. The van der Waals surface area contributed by atoms with Crippen molar-refractivity contribution >= 4 is 5.78 Å². The number of benzene rings is 1. The molecule has 0 aromatic heterocycles. The number of halogens is 1. The summed E-state index contributed by atoms with van der Waals surface area (Å²) in [5.74, 6) is 0.495. The molecule has 0 atom stereocenters. The molecule has 1 rings (SSSR count). The van der Waals surface area contributed by atoms with E-state index in [1.54, 1.807) is 13.0 Å². The molecule has 0 N–H and O–H groups in total. The molecule has 2 nitrogen and oxygen atoms in total. The number of ketones is 1. The summed E-state index contributed by atoms with van der Waals surface area (Å²) in [6.45, 7) is 3.99. The highest BCUT2D eigenvalue weighted by Gasteiger charge is 2.01. The SMILES string of the molecule is CC(=O)CCCCOc1cc(F)ccc1C. The number of hydrogen-bond donors (Lipinski definition) is 0. The summed E-state index contributed by atoms with van der Waals surface area (Å²) in [6, 6.07) is 4.50. The third-order valence-electron chi connectivity index (χ3n) is 2.33. The monoisotopic (exact) mass is 224 g/mol. The Morgan fingerprint density at radius 1 is 1.38 bits per heavy atom. The molecule has 0 aliphatic rings. The normalized spacial score (nSPS) is 10.2. The molecule has 0 heterocycles. The fourth-order valence-electron chi connectivity index (χ4n) is 1.39. The van der Waals surface area contributed by atoms with Crippen LogP contribution in [-0.2, 0) is 4.79 Å². The van der Waals surface area contributed by atoms with Crippen LogP contribution in [0.1, 0.15) is 31.7 Å². The van der Waals surface area contributed by atoms with E-state index >= 15 is 0 Å². The van der Waals surface area contributed by atoms with Gasteiger partial charge in [-0.3, -0.25) is 0 Å². The number of carbonyl (C=O) groups is 1. The molecule has 0 radical (unpaired) electrons. The van der Waals surface area contributed by atoms with E-state index < -0.39 is 0 Å². The van der Waals surface area contributed by atoms with Crippen LogP contribution in [0.2, 0.25) is 0 Å². The first-order valence-corrected chi connectivity index (χ1v) is 5.48. The van der Waals surface area contributed by atoms with Gasteiger partial charge in [0, 0.05) is 12.5 Å². The second-order valence-corrected chi connectivity index (χ2v) is 3.92. The van der Waals surface area contributed by atoms with Crippen LogP contribution in [0, 0.1) is 12.7 Å². The van der Waals surface area contributed by atoms with Gasteiger partial charge in [0.15, 0.2) is 0 Å². The van der Waals surface area contributed by atoms with Crippen molar-refractivity contribution in [2.75, 3.05) is 6.61 Å². The van der Waals surface area contributed by atoms with Gasteiger partial charge in [-0.05, 0) is 38.3 Å². The number of unbranched alkanes of at least 4 members (excludes halogenated alkanes) is 1. The number of ether oxygens (including phenoxy) is 1. The largest absolute Gasteiger partial charge is 0.493 e. The Morgan fingerprint density at radius 2 is 2.12 bits per heavy atom. The molecule has 0 bridgehead atoms. The summed E-state index contributed by atoms with van der Waals surface area (Å²) < 4.78 is 18.4. The van der Waals surface area contributed by atoms with Gasteiger partial charge in [-0.25, -0.2) is 4.39 Å². The van der Waals surface area contributed by atoms with Crippen LogP contribution < -0.4 is 4.74 Å². The van der Waals surface area contributed by atoms with Crippen molar-refractivity contribution in [1.82, 2.24) is 0 Å². The third-order valence-corrected chi connectivity index (χ3v) is 2.33. The summed E-state index contributed by atoms with van der Waals surface area (Å²) in [5, 5.41) is 0. The van der Waals surface area contributed by atoms with Crippen molar-refractivity contribution in [3.05, 3.63) is 29.6 Å². The minimum Gasteiger partial charge on any atom is -0.493 e. The molecule has 0 spiro atoms. The van der Waals surface area contributed by atoms with Gasteiger partial charge in [0.25, 0.3) is 0 Å². The molecule has 0 fully saturated rings. The average Bonchev–Trinajstić information content (AvgIpc) is 2.22. The van der Waals surface area contributed by atoms with Crippen LogP contribution in [0.15, 0.2) is 18.2 Å². The number of Topliss-reactive ketones (excluding diaryl/α,β-unsaturated/α-hetero) is 1. The standard InChI is InChI=1S/C13H17FO2/c1-10-6-7-12(14)9-13(10)16-8-4-3-5-11(2)15/h6-7,9H,3-5,8H2,1-2H3. The van der Waals surface area contributed by atoms with Crippen molar-refractivity contribution in [2.24, 2.45) is 0 Å². The molecule has 0 saturated carbocycles. The zero-order chi connectivity index (χ0) is 12.0. The van der Waals surface area contributed by atoms with Crippen LogP contribution in [0.25, 0.3) is 0 Å². The Kier molecular flexibility index (Phi) is 4.96. The van der Waals surface area contributed by atoms with Crippen molar-refractivity contribution in [2.45, 2.75) is 33.1 Å². The van der Waals surface area contributed by atoms with E-state index in [9.17, 15) is 9.18 Å². The van der Waals surface area contributed by atoms with Crippen molar-refractivity contribution in [1.29, 1.82) is 0 Å². The maximum Gasteiger partial charge on any atom is 0.129 e. The van der Waals surface area contributed by atoms with Crippen molar-refractivity contribution < 1.29 is 13.9 Å². The Bertz CT molecular complexity index is 361. The van der Waals surface area contributed by atoms with Crippen LogP contribution >= 0.6 is 0 Å². The average molecular weight is 224 g/mol. The first kappa shape index (κ1) is 12.7. The highest BCUT2D eigenvalue weighted by molar-refractivity contribution is 5.75. The van der Waals surface area contributed by atoms with Crippen LogP contribution in [0.4, 0.5) is 4.39 Å². The zero-order valence-electron chi connectivity index (χ0n) is 9.75. The predicted molar refractivity (Wildman–Crippen MR) is 61.2 cm³/mol. The summed E-state index contributed by atoms with van der Waals surface area (Å²) >= 11 is 0. The lowest BCUT2D eigenvalue weighted by atomic mass is 10.2. The highest BCUT2D eigenvalue weighted by atomic mass is 19.1. The smallest absolute Gasteiger partial charge is 0.129 e. The lowest BCUT2D eigenvalue weighted by molar-refractivity contribution is -0.117. The summed E-state index contributed by atoms with van der Waals surface area (Å²) in [7, 11) is 0.